The van der Waals surface area contributed by atoms with E-state index in [2.05, 4.69) is 26.1 Å². The fourth-order valence-corrected chi connectivity index (χ4v) is 3.22. The maximum atomic E-state index is 12.3. The van der Waals surface area contributed by atoms with E-state index < -0.39 is 5.54 Å². The topological polar surface area (TPSA) is 47.6 Å². The molecular formula is C17H33NO3. The fraction of sp³-hybridized carbons (Fsp3) is 0.941. The number of nitrogens with one attached hydrogen (secondary N) is 1. The highest BCUT2D eigenvalue weighted by Gasteiger charge is 2.49. The molecule has 0 aromatic carbocycles. The summed E-state index contributed by atoms with van der Waals surface area (Å²) in [6.45, 7) is 8.95. The van der Waals surface area contributed by atoms with E-state index in [1.165, 1.54) is 7.11 Å². The summed E-state index contributed by atoms with van der Waals surface area (Å²) < 4.78 is 10.8. The average molecular weight is 299 g/mol. The van der Waals surface area contributed by atoms with Crippen LogP contribution in [0, 0.1) is 11.8 Å². The van der Waals surface area contributed by atoms with Crippen LogP contribution in [0.2, 0.25) is 0 Å². The van der Waals surface area contributed by atoms with E-state index in [4.69, 9.17) is 9.47 Å². The monoisotopic (exact) mass is 299 g/mol. The van der Waals surface area contributed by atoms with Crippen molar-refractivity contribution < 1.29 is 14.3 Å². The van der Waals surface area contributed by atoms with Gasteiger partial charge in [0.05, 0.1) is 7.11 Å². The molecule has 124 valence electrons. The second-order valence-electron chi connectivity index (χ2n) is 6.56. The van der Waals surface area contributed by atoms with Gasteiger partial charge in [0.15, 0.2) is 0 Å². The lowest BCUT2D eigenvalue weighted by Crippen LogP contribution is -2.55. The Kier molecular flexibility index (Phi) is 8.27. The molecule has 1 aliphatic carbocycles. The van der Waals surface area contributed by atoms with Crippen LogP contribution in [0.3, 0.4) is 0 Å². The first kappa shape index (κ1) is 18.4. The Bertz CT molecular complexity index is 306. The van der Waals surface area contributed by atoms with E-state index in [1.54, 1.807) is 0 Å². The van der Waals surface area contributed by atoms with Crippen LogP contribution in [-0.4, -0.2) is 38.4 Å². The summed E-state index contributed by atoms with van der Waals surface area (Å²) in [4.78, 5) is 12.3. The molecule has 2 unspecified atom stereocenters. The van der Waals surface area contributed by atoms with Crippen LogP contribution >= 0.6 is 0 Å². The Morgan fingerprint density at radius 1 is 1.38 bits per heavy atom. The maximum absolute atomic E-state index is 12.3. The minimum absolute atomic E-state index is 0.0966. The molecule has 0 heterocycles. The van der Waals surface area contributed by atoms with Crippen LogP contribution in [0.4, 0.5) is 0 Å². The van der Waals surface area contributed by atoms with Crippen molar-refractivity contribution in [2.75, 3.05) is 26.9 Å². The third-order valence-corrected chi connectivity index (χ3v) is 4.51. The molecule has 1 fully saturated rings. The number of ether oxygens (including phenoxy) is 2. The molecule has 1 rings (SSSR count). The molecule has 0 bridgehead atoms. The summed E-state index contributed by atoms with van der Waals surface area (Å²) in [6, 6.07) is 0. The smallest absolute Gasteiger partial charge is 0.326 e. The predicted molar refractivity (Wildman–Crippen MR) is 85.3 cm³/mol. The molecule has 2 atom stereocenters. The van der Waals surface area contributed by atoms with Crippen LogP contribution in [-0.2, 0) is 14.3 Å². The second-order valence-corrected chi connectivity index (χ2v) is 6.56. The first-order valence-corrected chi connectivity index (χ1v) is 8.48. The molecule has 21 heavy (non-hydrogen) atoms. The Morgan fingerprint density at radius 2 is 2.14 bits per heavy atom. The van der Waals surface area contributed by atoms with Crippen molar-refractivity contribution in [2.45, 2.75) is 64.8 Å². The van der Waals surface area contributed by atoms with Gasteiger partial charge in [-0.15, -0.1) is 0 Å². The van der Waals surface area contributed by atoms with Crippen LogP contribution in [0.25, 0.3) is 0 Å². The Balaban J connectivity index is 2.50. The van der Waals surface area contributed by atoms with Gasteiger partial charge < -0.3 is 14.8 Å². The van der Waals surface area contributed by atoms with Crippen LogP contribution in [0.5, 0.6) is 0 Å². The Labute approximate surface area is 130 Å². The van der Waals surface area contributed by atoms with Crippen LogP contribution in [0.1, 0.15) is 59.3 Å². The van der Waals surface area contributed by atoms with E-state index in [0.29, 0.717) is 11.8 Å². The van der Waals surface area contributed by atoms with Crippen LogP contribution < -0.4 is 5.32 Å². The van der Waals surface area contributed by atoms with E-state index in [1.807, 2.05) is 0 Å². The number of carbonyl (C=O) groups is 1. The normalized spacial score (nSPS) is 25.5. The number of rotatable bonds is 10. The van der Waals surface area contributed by atoms with Gasteiger partial charge in [-0.25, -0.2) is 0 Å². The number of methoxy groups -OCH3 is 1. The molecule has 4 nitrogen and oxygen atoms in total. The molecule has 1 N–H and O–H groups in total. The van der Waals surface area contributed by atoms with Gasteiger partial charge >= 0.3 is 5.97 Å². The average Bonchev–Trinajstić information content (AvgIpc) is 2.87. The minimum Gasteiger partial charge on any atom is -0.468 e. The highest BCUT2D eigenvalue weighted by Crippen LogP contribution is 2.39. The number of hydrogen-bond donors (Lipinski definition) is 1. The molecule has 0 radical (unpaired) electrons. The van der Waals surface area contributed by atoms with Crippen molar-refractivity contribution in [1.82, 2.24) is 5.32 Å². The molecule has 0 amide bonds. The minimum atomic E-state index is -0.480. The largest absolute Gasteiger partial charge is 0.468 e. The predicted octanol–water partition coefficient (Wildman–Crippen LogP) is 3.15. The summed E-state index contributed by atoms with van der Waals surface area (Å²) >= 11 is 0. The standard InChI is InChI=1S/C17H33NO3/c1-5-11-18-17(16(19)20-4)10-6-7-15(17)9-13-21-12-8-14(2)3/h14-15,18H,5-13H2,1-4H3. The molecule has 1 saturated carbocycles. The quantitative estimate of drug-likeness (QED) is 0.497. The van der Waals surface area contributed by atoms with Crippen molar-refractivity contribution in [1.29, 1.82) is 0 Å². The first-order valence-electron chi connectivity index (χ1n) is 8.48. The van der Waals surface area contributed by atoms with Gasteiger partial charge in [-0.2, -0.15) is 0 Å². The molecule has 4 heteroatoms. The molecule has 0 saturated heterocycles. The number of hydrogen-bond acceptors (Lipinski definition) is 4. The van der Waals surface area contributed by atoms with Crippen molar-refractivity contribution in [2.24, 2.45) is 11.8 Å². The van der Waals surface area contributed by atoms with Crippen molar-refractivity contribution >= 4 is 5.97 Å². The Hall–Kier alpha value is -0.610. The van der Waals surface area contributed by atoms with Gasteiger partial charge in [0, 0.05) is 13.2 Å². The maximum Gasteiger partial charge on any atom is 0.326 e. The zero-order valence-electron chi connectivity index (χ0n) is 14.2. The lowest BCUT2D eigenvalue weighted by atomic mass is 9.84. The van der Waals surface area contributed by atoms with Gasteiger partial charge in [0.1, 0.15) is 5.54 Å². The molecular weight excluding hydrogens is 266 g/mol. The summed E-state index contributed by atoms with van der Waals surface area (Å²) in [5.41, 5.74) is -0.480. The zero-order chi connectivity index (χ0) is 15.7. The summed E-state index contributed by atoms with van der Waals surface area (Å²) in [7, 11) is 1.49. The summed E-state index contributed by atoms with van der Waals surface area (Å²) in [5, 5.41) is 3.47. The molecule has 0 aromatic rings. The molecule has 0 aliphatic heterocycles. The fourth-order valence-electron chi connectivity index (χ4n) is 3.22. The van der Waals surface area contributed by atoms with Gasteiger partial charge in [0.2, 0.25) is 0 Å². The summed E-state index contributed by atoms with van der Waals surface area (Å²) in [6.07, 6.45) is 6.11. The lowest BCUT2D eigenvalue weighted by Gasteiger charge is -2.34. The van der Waals surface area contributed by atoms with E-state index in [0.717, 1.165) is 58.3 Å². The lowest BCUT2D eigenvalue weighted by molar-refractivity contribution is -0.150. The van der Waals surface area contributed by atoms with Crippen LogP contribution in [0.15, 0.2) is 0 Å². The van der Waals surface area contributed by atoms with E-state index in [9.17, 15) is 4.79 Å². The number of carbonyl (C=O) groups excluding carboxylic acids is 1. The summed E-state index contributed by atoms with van der Waals surface area (Å²) in [5.74, 6) is 0.910. The van der Waals surface area contributed by atoms with Crippen molar-refractivity contribution in [3.8, 4) is 0 Å². The second kappa shape index (κ2) is 9.42. The number of esters is 1. The highest BCUT2D eigenvalue weighted by atomic mass is 16.5. The third-order valence-electron chi connectivity index (χ3n) is 4.51. The van der Waals surface area contributed by atoms with Gasteiger partial charge in [-0.3, -0.25) is 4.79 Å². The first-order chi connectivity index (χ1) is 10.1. The molecule has 1 aliphatic rings. The van der Waals surface area contributed by atoms with Gasteiger partial charge in [0.25, 0.3) is 0 Å². The van der Waals surface area contributed by atoms with Gasteiger partial charge in [-0.1, -0.05) is 27.2 Å². The SMILES string of the molecule is CCCNC1(C(=O)OC)CCCC1CCOCCC(C)C. The van der Waals surface area contributed by atoms with Crippen molar-refractivity contribution in [3.63, 3.8) is 0 Å². The zero-order valence-corrected chi connectivity index (χ0v) is 14.2. The third kappa shape index (κ3) is 5.26. The molecule has 0 spiro atoms. The molecule has 0 aromatic heterocycles. The van der Waals surface area contributed by atoms with E-state index >= 15 is 0 Å². The van der Waals surface area contributed by atoms with Gasteiger partial charge in [-0.05, 0) is 50.5 Å². The van der Waals surface area contributed by atoms with E-state index in [-0.39, 0.29) is 5.97 Å². The Morgan fingerprint density at radius 3 is 2.76 bits per heavy atom. The highest BCUT2D eigenvalue weighted by molar-refractivity contribution is 5.81. The van der Waals surface area contributed by atoms with Crippen molar-refractivity contribution in [3.05, 3.63) is 0 Å².